The summed E-state index contributed by atoms with van der Waals surface area (Å²) in [4.78, 5) is 0. The van der Waals surface area contributed by atoms with Crippen LogP contribution in [-0.2, 0) is 0 Å². The molecule has 0 aromatic rings. The molecule has 0 heterocycles. The molecule has 0 aliphatic heterocycles. The molecule has 0 aromatic carbocycles. The van der Waals surface area contributed by atoms with E-state index >= 15 is 0 Å². The van der Waals surface area contributed by atoms with Crippen molar-refractivity contribution in [1.29, 1.82) is 0 Å². The average Bonchev–Trinajstić information content (AvgIpc) is 2.34. The largest absolute Gasteiger partial charge is 0.317 e. The zero-order chi connectivity index (χ0) is 13.1. The van der Waals surface area contributed by atoms with Gasteiger partial charge in [0.25, 0.3) is 0 Å². The van der Waals surface area contributed by atoms with E-state index in [0.717, 1.165) is 23.5 Å². The first-order valence-corrected chi connectivity index (χ1v) is 7.24. The van der Waals surface area contributed by atoms with Crippen LogP contribution in [0.25, 0.3) is 0 Å². The Morgan fingerprint density at radius 2 is 1.65 bits per heavy atom. The van der Waals surface area contributed by atoms with Crippen LogP contribution in [0.5, 0.6) is 0 Å². The van der Waals surface area contributed by atoms with Gasteiger partial charge in [0, 0.05) is 5.92 Å². The molecule has 1 nitrogen and oxygen atoms in total. The molecular formula is C16H32N+. The van der Waals surface area contributed by atoms with Gasteiger partial charge in [-0.15, -0.1) is 0 Å². The Morgan fingerprint density at radius 1 is 1.06 bits per heavy atom. The molecule has 1 heteroatoms. The van der Waals surface area contributed by atoms with Gasteiger partial charge < -0.3 is 4.48 Å². The highest BCUT2D eigenvalue weighted by atomic mass is 15.3. The number of likely N-dealkylation sites (N-methyl/N-ethyl adjacent to an activating group) is 1. The second kappa shape index (κ2) is 9.47. The van der Waals surface area contributed by atoms with Crippen molar-refractivity contribution < 1.29 is 4.48 Å². The van der Waals surface area contributed by atoms with E-state index in [2.05, 4.69) is 46.1 Å². The molecule has 0 rings (SSSR count). The standard InChI is InChI=1S/C16H32N/c1-6-11-12-16(9-4)15-17(10-5,13-7-2)14-8-3/h7-8,16H,2-3,6,9-15H2,1,4-5H3/q+1. The maximum Gasteiger partial charge on any atom is 0.0973 e. The van der Waals surface area contributed by atoms with Crippen molar-refractivity contribution in [3.63, 3.8) is 0 Å². The van der Waals surface area contributed by atoms with Crippen molar-refractivity contribution in [3.8, 4) is 0 Å². The quantitative estimate of drug-likeness (QED) is 0.369. The molecule has 0 amide bonds. The zero-order valence-corrected chi connectivity index (χ0v) is 12.3. The molecule has 17 heavy (non-hydrogen) atoms. The summed E-state index contributed by atoms with van der Waals surface area (Å²) < 4.78 is 1.13. The normalized spacial score (nSPS) is 13.4. The lowest BCUT2D eigenvalue weighted by molar-refractivity contribution is -0.919. The lowest BCUT2D eigenvalue weighted by Crippen LogP contribution is -2.51. The van der Waals surface area contributed by atoms with Crippen LogP contribution >= 0.6 is 0 Å². The van der Waals surface area contributed by atoms with Crippen LogP contribution in [0.2, 0.25) is 0 Å². The second-order valence-electron chi connectivity index (χ2n) is 5.20. The van der Waals surface area contributed by atoms with Gasteiger partial charge in [0.15, 0.2) is 0 Å². The third kappa shape index (κ3) is 6.07. The van der Waals surface area contributed by atoms with E-state index in [0.29, 0.717) is 0 Å². The Morgan fingerprint density at radius 3 is 2.00 bits per heavy atom. The molecule has 0 N–H and O–H groups in total. The summed E-state index contributed by atoms with van der Waals surface area (Å²) in [6, 6.07) is 0. The summed E-state index contributed by atoms with van der Waals surface area (Å²) in [6.07, 6.45) is 9.49. The minimum Gasteiger partial charge on any atom is -0.317 e. The van der Waals surface area contributed by atoms with E-state index < -0.39 is 0 Å². The molecule has 100 valence electrons. The summed E-state index contributed by atoms with van der Waals surface area (Å²) in [5.41, 5.74) is 0. The molecule has 0 saturated heterocycles. The van der Waals surface area contributed by atoms with Crippen molar-refractivity contribution in [2.24, 2.45) is 5.92 Å². The minimum atomic E-state index is 0.856. The molecule has 0 aromatic heterocycles. The highest BCUT2D eigenvalue weighted by molar-refractivity contribution is 4.73. The van der Waals surface area contributed by atoms with Gasteiger partial charge >= 0.3 is 0 Å². The molecule has 0 fully saturated rings. The number of hydrogen-bond acceptors (Lipinski definition) is 0. The third-order valence-electron chi connectivity index (χ3n) is 3.89. The van der Waals surface area contributed by atoms with E-state index in [4.69, 9.17) is 0 Å². The molecule has 0 bridgehead atoms. The molecular weight excluding hydrogens is 206 g/mol. The fourth-order valence-corrected chi connectivity index (χ4v) is 2.62. The molecule has 0 aliphatic carbocycles. The Kier molecular flexibility index (Phi) is 9.16. The average molecular weight is 238 g/mol. The monoisotopic (exact) mass is 238 g/mol. The minimum absolute atomic E-state index is 0.856. The second-order valence-corrected chi connectivity index (χ2v) is 5.20. The summed E-state index contributed by atoms with van der Waals surface area (Å²) in [7, 11) is 0. The van der Waals surface area contributed by atoms with Crippen molar-refractivity contribution in [1.82, 2.24) is 0 Å². The first kappa shape index (κ1) is 16.4. The predicted molar refractivity (Wildman–Crippen MR) is 79.1 cm³/mol. The molecule has 0 radical (unpaired) electrons. The Hall–Kier alpha value is -0.560. The Labute approximate surface area is 109 Å². The van der Waals surface area contributed by atoms with Gasteiger partial charge in [-0.2, -0.15) is 0 Å². The molecule has 0 aliphatic rings. The highest BCUT2D eigenvalue weighted by Crippen LogP contribution is 2.19. The first-order valence-electron chi connectivity index (χ1n) is 7.24. The fourth-order valence-electron chi connectivity index (χ4n) is 2.62. The van der Waals surface area contributed by atoms with Crippen molar-refractivity contribution in [3.05, 3.63) is 25.3 Å². The van der Waals surface area contributed by atoms with Gasteiger partial charge in [0.2, 0.25) is 0 Å². The Bertz CT molecular complexity index is 198. The first-order chi connectivity index (χ1) is 8.17. The Balaban J connectivity index is 4.55. The number of hydrogen-bond donors (Lipinski definition) is 0. The van der Waals surface area contributed by atoms with E-state index in [-0.39, 0.29) is 0 Å². The lowest BCUT2D eigenvalue weighted by atomic mass is 9.97. The van der Waals surface area contributed by atoms with Crippen molar-refractivity contribution in [2.75, 3.05) is 26.2 Å². The molecule has 0 saturated carbocycles. The van der Waals surface area contributed by atoms with Crippen LogP contribution in [0.4, 0.5) is 0 Å². The molecule has 1 unspecified atom stereocenters. The van der Waals surface area contributed by atoms with E-state index in [1.54, 1.807) is 0 Å². The van der Waals surface area contributed by atoms with E-state index in [9.17, 15) is 0 Å². The van der Waals surface area contributed by atoms with Crippen molar-refractivity contribution >= 4 is 0 Å². The van der Waals surface area contributed by atoms with Gasteiger partial charge in [-0.1, -0.05) is 39.8 Å². The fraction of sp³-hybridized carbons (Fsp3) is 0.750. The zero-order valence-electron chi connectivity index (χ0n) is 12.3. The molecule has 0 spiro atoms. The summed E-state index contributed by atoms with van der Waals surface area (Å²) in [5, 5.41) is 0. The topological polar surface area (TPSA) is 0 Å². The lowest BCUT2D eigenvalue weighted by Gasteiger charge is -2.39. The maximum atomic E-state index is 3.92. The van der Waals surface area contributed by atoms with Gasteiger partial charge in [0.05, 0.1) is 26.2 Å². The highest BCUT2D eigenvalue weighted by Gasteiger charge is 2.25. The number of rotatable bonds is 11. The van der Waals surface area contributed by atoms with E-state index in [1.807, 2.05) is 0 Å². The third-order valence-corrected chi connectivity index (χ3v) is 3.89. The van der Waals surface area contributed by atoms with Gasteiger partial charge in [0.1, 0.15) is 0 Å². The number of quaternary nitrogens is 1. The van der Waals surface area contributed by atoms with Crippen molar-refractivity contribution in [2.45, 2.75) is 46.5 Å². The SMILES string of the molecule is C=CC[N+](CC)(CC=C)CC(CC)CCCC. The van der Waals surface area contributed by atoms with Crippen LogP contribution in [0.3, 0.4) is 0 Å². The number of nitrogens with zero attached hydrogens (tertiary/aromatic N) is 1. The van der Waals surface area contributed by atoms with Gasteiger partial charge in [-0.3, -0.25) is 0 Å². The number of unbranched alkanes of at least 4 members (excludes halogenated alkanes) is 1. The summed E-state index contributed by atoms with van der Waals surface area (Å²) in [5.74, 6) is 0.856. The van der Waals surface area contributed by atoms with Crippen LogP contribution in [-0.4, -0.2) is 30.7 Å². The van der Waals surface area contributed by atoms with Crippen LogP contribution in [0.1, 0.15) is 46.5 Å². The summed E-state index contributed by atoms with van der Waals surface area (Å²) in [6.45, 7) is 19.4. The van der Waals surface area contributed by atoms with Crippen LogP contribution < -0.4 is 0 Å². The van der Waals surface area contributed by atoms with E-state index in [1.165, 1.54) is 38.8 Å². The van der Waals surface area contributed by atoms with Gasteiger partial charge in [-0.25, -0.2) is 0 Å². The van der Waals surface area contributed by atoms with Gasteiger partial charge in [-0.05, 0) is 31.9 Å². The van der Waals surface area contributed by atoms with Crippen LogP contribution in [0, 0.1) is 5.92 Å². The van der Waals surface area contributed by atoms with Crippen LogP contribution in [0.15, 0.2) is 25.3 Å². The maximum absolute atomic E-state index is 3.92. The smallest absolute Gasteiger partial charge is 0.0973 e. The molecule has 1 atom stereocenters. The summed E-state index contributed by atoms with van der Waals surface area (Å²) >= 11 is 0. The predicted octanol–water partition coefficient (Wildman–Crippen LogP) is 4.41.